The summed E-state index contributed by atoms with van der Waals surface area (Å²) in [7, 11) is -3.12. The first-order valence-corrected chi connectivity index (χ1v) is 8.49. The smallest absolute Gasteiger partial charge is 0.155 e. The van der Waals surface area contributed by atoms with Gasteiger partial charge < -0.3 is 4.42 Å². The number of furan rings is 1. The molecule has 0 amide bonds. The summed E-state index contributed by atoms with van der Waals surface area (Å²) >= 11 is 0. The molecular formula is C14H18N2O3S. The first-order chi connectivity index (χ1) is 9.62. The topological polar surface area (TPSA) is 85.3 Å². The molecule has 20 heavy (non-hydrogen) atoms. The molecule has 2 aromatic rings. The number of nitrogens with two attached hydrogens (primary N) is 1. The number of fused-ring (bicyclic) bond motifs is 1. The van der Waals surface area contributed by atoms with Crippen LogP contribution in [0.2, 0.25) is 0 Å². The van der Waals surface area contributed by atoms with Crippen molar-refractivity contribution in [3.8, 4) is 0 Å². The Morgan fingerprint density at radius 2 is 2.10 bits per heavy atom. The SMILES string of the molecule is NNC(c1cc2ccccc2o1)C1CCCCS1(=O)=O. The van der Waals surface area contributed by atoms with Crippen LogP contribution in [0.5, 0.6) is 0 Å². The van der Waals surface area contributed by atoms with Gasteiger partial charge >= 0.3 is 0 Å². The normalized spacial score (nSPS) is 23.8. The molecule has 1 aromatic carbocycles. The van der Waals surface area contributed by atoms with Crippen molar-refractivity contribution in [3.05, 3.63) is 36.1 Å². The minimum absolute atomic E-state index is 0.232. The first kappa shape index (κ1) is 13.6. The highest BCUT2D eigenvalue weighted by molar-refractivity contribution is 7.92. The third-order valence-electron chi connectivity index (χ3n) is 3.93. The monoisotopic (exact) mass is 294 g/mol. The summed E-state index contributed by atoms with van der Waals surface area (Å²) in [5.41, 5.74) is 3.38. The van der Waals surface area contributed by atoms with Crippen LogP contribution in [0, 0.1) is 0 Å². The van der Waals surface area contributed by atoms with Gasteiger partial charge in [0.25, 0.3) is 0 Å². The van der Waals surface area contributed by atoms with Crippen LogP contribution in [0.4, 0.5) is 0 Å². The lowest BCUT2D eigenvalue weighted by Gasteiger charge is -2.28. The number of nitrogens with one attached hydrogen (secondary N) is 1. The van der Waals surface area contributed by atoms with Gasteiger partial charge in [0.1, 0.15) is 11.3 Å². The van der Waals surface area contributed by atoms with E-state index in [4.69, 9.17) is 10.3 Å². The molecule has 0 spiro atoms. The Balaban J connectivity index is 2.00. The summed E-state index contributed by atoms with van der Waals surface area (Å²) in [6.07, 6.45) is 2.26. The maximum absolute atomic E-state index is 12.2. The zero-order chi connectivity index (χ0) is 14.2. The van der Waals surface area contributed by atoms with Crippen LogP contribution < -0.4 is 11.3 Å². The highest BCUT2D eigenvalue weighted by Gasteiger charge is 2.37. The van der Waals surface area contributed by atoms with Crippen LogP contribution in [-0.2, 0) is 9.84 Å². The zero-order valence-electron chi connectivity index (χ0n) is 11.1. The molecule has 108 valence electrons. The molecule has 1 saturated heterocycles. The fourth-order valence-corrected chi connectivity index (χ4v) is 4.94. The van der Waals surface area contributed by atoms with Crippen molar-refractivity contribution in [1.82, 2.24) is 5.43 Å². The van der Waals surface area contributed by atoms with Crippen LogP contribution in [-0.4, -0.2) is 19.4 Å². The molecule has 1 aliphatic rings. The van der Waals surface area contributed by atoms with Crippen molar-refractivity contribution in [2.45, 2.75) is 30.6 Å². The number of rotatable bonds is 3. The van der Waals surface area contributed by atoms with Crippen LogP contribution in [0.1, 0.15) is 31.1 Å². The van der Waals surface area contributed by atoms with Crippen molar-refractivity contribution in [1.29, 1.82) is 0 Å². The average Bonchev–Trinajstić information content (AvgIpc) is 2.84. The first-order valence-electron chi connectivity index (χ1n) is 6.78. The summed E-state index contributed by atoms with van der Waals surface area (Å²) in [4.78, 5) is 0. The number of para-hydroxylation sites is 1. The second-order valence-electron chi connectivity index (χ2n) is 5.23. The van der Waals surface area contributed by atoms with Gasteiger partial charge in [0, 0.05) is 5.39 Å². The molecule has 1 aromatic heterocycles. The standard InChI is InChI=1S/C14H18N2O3S/c15-16-14(13-7-3-4-8-20(13,17)18)12-9-10-5-1-2-6-11(10)19-12/h1-2,5-6,9,13-14,16H,3-4,7-8,15H2. The van der Waals surface area contributed by atoms with Gasteiger partial charge in [-0.05, 0) is 25.0 Å². The van der Waals surface area contributed by atoms with Crippen molar-refractivity contribution in [2.24, 2.45) is 5.84 Å². The molecule has 2 atom stereocenters. The van der Waals surface area contributed by atoms with Crippen molar-refractivity contribution >= 4 is 20.8 Å². The van der Waals surface area contributed by atoms with Gasteiger partial charge in [0.05, 0.1) is 17.0 Å². The van der Waals surface area contributed by atoms with E-state index in [-0.39, 0.29) is 5.75 Å². The molecule has 3 rings (SSSR count). The van der Waals surface area contributed by atoms with E-state index in [0.29, 0.717) is 12.2 Å². The third-order valence-corrected chi connectivity index (χ3v) is 6.22. The zero-order valence-corrected chi connectivity index (χ0v) is 11.9. The van der Waals surface area contributed by atoms with Gasteiger partial charge in [-0.3, -0.25) is 5.84 Å². The number of hydrogen-bond acceptors (Lipinski definition) is 5. The molecule has 6 heteroatoms. The van der Waals surface area contributed by atoms with Crippen molar-refractivity contribution < 1.29 is 12.8 Å². The lowest BCUT2D eigenvalue weighted by atomic mass is 10.1. The lowest BCUT2D eigenvalue weighted by Crippen LogP contribution is -2.43. The summed E-state index contributed by atoms with van der Waals surface area (Å²) < 4.78 is 30.2. The number of hydrazine groups is 1. The summed E-state index contributed by atoms with van der Waals surface area (Å²) in [5, 5.41) is 0.442. The summed E-state index contributed by atoms with van der Waals surface area (Å²) in [5.74, 6) is 6.42. The molecule has 1 aliphatic heterocycles. The van der Waals surface area contributed by atoms with Gasteiger partial charge in [-0.2, -0.15) is 0 Å². The van der Waals surface area contributed by atoms with Crippen LogP contribution in [0.25, 0.3) is 11.0 Å². The quantitative estimate of drug-likeness (QED) is 0.667. The van der Waals surface area contributed by atoms with E-state index in [0.717, 1.165) is 23.8 Å². The Morgan fingerprint density at radius 1 is 1.30 bits per heavy atom. The third kappa shape index (κ3) is 2.34. The van der Waals surface area contributed by atoms with E-state index < -0.39 is 21.1 Å². The average molecular weight is 294 g/mol. The van der Waals surface area contributed by atoms with Crippen LogP contribution in [0.3, 0.4) is 0 Å². The fourth-order valence-electron chi connectivity index (χ4n) is 2.88. The van der Waals surface area contributed by atoms with Gasteiger partial charge in [0.15, 0.2) is 9.84 Å². The molecular weight excluding hydrogens is 276 g/mol. The Morgan fingerprint density at radius 3 is 2.80 bits per heavy atom. The Bertz CT molecular complexity index is 675. The molecule has 2 heterocycles. The van der Waals surface area contributed by atoms with E-state index >= 15 is 0 Å². The number of hydrogen-bond donors (Lipinski definition) is 2. The molecule has 5 nitrogen and oxygen atoms in total. The van der Waals surface area contributed by atoms with Gasteiger partial charge in [-0.25, -0.2) is 13.8 Å². The van der Waals surface area contributed by atoms with Gasteiger partial charge in [0.2, 0.25) is 0 Å². The molecule has 0 bridgehead atoms. The highest BCUT2D eigenvalue weighted by atomic mass is 32.2. The van der Waals surface area contributed by atoms with Gasteiger partial charge in [-0.15, -0.1) is 0 Å². The predicted octanol–water partition coefficient (Wildman–Crippen LogP) is 1.90. The Hall–Kier alpha value is -1.37. The summed E-state index contributed by atoms with van der Waals surface area (Å²) in [6.45, 7) is 0. The minimum Gasteiger partial charge on any atom is -0.459 e. The molecule has 2 unspecified atom stereocenters. The van der Waals surface area contributed by atoms with E-state index in [9.17, 15) is 8.42 Å². The number of sulfone groups is 1. The lowest BCUT2D eigenvalue weighted by molar-refractivity contribution is 0.393. The second kappa shape index (κ2) is 5.20. The van der Waals surface area contributed by atoms with E-state index in [1.54, 1.807) is 0 Å². The highest BCUT2D eigenvalue weighted by Crippen LogP contribution is 2.33. The fraction of sp³-hybridized carbons (Fsp3) is 0.429. The van der Waals surface area contributed by atoms with Gasteiger partial charge in [-0.1, -0.05) is 24.6 Å². The predicted molar refractivity (Wildman–Crippen MR) is 77.7 cm³/mol. The minimum atomic E-state index is -3.12. The second-order valence-corrected chi connectivity index (χ2v) is 7.57. The van der Waals surface area contributed by atoms with Crippen LogP contribution >= 0.6 is 0 Å². The van der Waals surface area contributed by atoms with Crippen LogP contribution in [0.15, 0.2) is 34.7 Å². The molecule has 0 radical (unpaired) electrons. The molecule has 0 saturated carbocycles. The molecule has 3 N–H and O–H groups in total. The maximum Gasteiger partial charge on any atom is 0.155 e. The Labute approximate surface area is 118 Å². The van der Waals surface area contributed by atoms with Crippen molar-refractivity contribution in [2.75, 3.05) is 5.75 Å². The number of benzene rings is 1. The maximum atomic E-state index is 12.2. The Kier molecular flexibility index (Phi) is 3.54. The van der Waals surface area contributed by atoms with Crippen molar-refractivity contribution in [3.63, 3.8) is 0 Å². The van der Waals surface area contributed by atoms with E-state index in [1.165, 1.54) is 0 Å². The summed E-state index contributed by atoms with van der Waals surface area (Å²) in [6, 6.07) is 8.98. The molecule has 1 fully saturated rings. The molecule has 0 aliphatic carbocycles. The van der Waals surface area contributed by atoms with E-state index in [1.807, 2.05) is 30.3 Å². The largest absolute Gasteiger partial charge is 0.459 e. The van der Waals surface area contributed by atoms with E-state index in [2.05, 4.69) is 5.43 Å².